The molecule has 0 aromatic rings. The summed E-state index contributed by atoms with van der Waals surface area (Å²) in [5, 5.41) is 0. The summed E-state index contributed by atoms with van der Waals surface area (Å²) in [5.41, 5.74) is 5.86. The van der Waals surface area contributed by atoms with E-state index < -0.39 is 0 Å². The zero-order chi connectivity index (χ0) is 8.65. The van der Waals surface area contributed by atoms with E-state index in [2.05, 4.69) is 13.8 Å². The van der Waals surface area contributed by atoms with Crippen molar-refractivity contribution in [2.45, 2.75) is 13.8 Å². The molecule has 0 spiro atoms. The molecular formula is C8H13Cl2N. The Morgan fingerprint density at radius 2 is 2.09 bits per heavy atom. The molecule has 2 N–H and O–H groups in total. The molecule has 0 aromatic heterocycles. The summed E-state index contributed by atoms with van der Waals surface area (Å²) in [5.74, 6) is 1.02. The van der Waals surface area contributed by atoms with Gasteiger partial charge in [0.2, 0.25) is 0 Å². The Hall–Kier alpha value is 0.280. The Morgan fingerprint density at radius 1 is 1.55 bits per heavy atom. The van der Waals surface area contributed by atoms with Crippen molar-refractivity contribution in [1.82, 2.24) is 0 Å². The molecule has 0 bridgehead atoms. The molecular weight excluding hydrogens is 181 g/mol. The van der Waals surface area contributed by atoms with E-state index in [1.807, 2.05) is 6.08 Å². The molecule has 1 aliphatic rings. The van der Waals surface area contributed by atoms with Gasteiger partial charge in [-0.15, -0.1) is 0 Å². The van der Waals surface area contributed by atoms with Crippen LogP contribution in [0.2, 0.25) is 0 Å². The van der Waals surface area contributed by atoms with Crippen LogP contribution >= 0.6 is 23.2 Å². The first-order valence-corrected chi connectivity index (χ1v) is 4.48. The van der Waals surface area contributed by atoms with Gasteiger partial charge in [-0.3, -0.25) is 0 Å². The summed E-state index contributed by atoms with van der Waals surface area (Å²) in [6.45, 7) is 5.08. The smallest absolute Gasteiger partial charge is 0.103 e. The van der Waals surface area contributed by atoms with Crippen molar-refractivity contribution in [2.24, 2.45) is 23.0 Å². The van der Waals surface area contributed by atoms with Gasteiger partial charge in [0.05, 0.1) is 0 Å². The van der Waals surface area contributed by atoms with Crippen LogP contribution in [-0.2, 0) is 0 Å². The minimum absolute atomic E-state index is 0.295. The maximum absolute atomic E-state index is 5.56. The molecule has 1 aliphatic carbocycles. The fourth-order valence-corrected chi connectivity index (χ4v) is 1.97. The van der Waals surface area contributed by atoms with E-state index >= 15 is 0 Å². The molecule has 3 heteroatoms. The SMILES string of the molecule is CC1(C)[C@H](C=C(Cl)Cl)[C@@H]1CN. The van der Waals surface area contributed by atoms with Gasteiger partial charge in [-0.25, -0.2) is 0 Å². The number of allylic oxidation sites excluding steroid dienone is 1. The third-order valence-electron chi connectivity index (χ3n) is 2.70. The first-order valence-electron chi connectivity index (χ1n) is 3.73. The van der Waals surface area contributed by atoms with Gasteiger partial charge in [0.15, 0.2) is 0 Å². The predicted molar refractivity (Wildman–Crippen MR) is 49.6 cm³/mol. The molecule has 1 rings (SSSR count). The van der Waals surface area contributed by atoms with Crippen molar-refractivity contribution in [3.8, 4) is 0 Å². The number of hydrogen-bond donors (Lipinski definition) is 1. The molecule has 1 saturated carbocycles. The lowest BCUT2D eigenvalue weighted by atomic mass is 10.1. The molecule has 0 saturated heterocycles. The summed E-state index contributed by atoms with van der Waals surface area (Å²) in [4.78, 5) is 0. The van der Waals surface area contributed by atoms with Gasteiger partial charge in [-0.05, 0) is 23.8 Å². The molecule has 0 aromatic carbocycles. The molecule has 0 amide bonds. The van der Waals surface area contributed by atoms with Crippen LogP contribution in [0.3, 0.4) is 0 Å². The first-order chi connectivity index (χ1) is 5.00. The summed E-state index contributed by atoms with van der Waals surface area (Å²) in [6, 6.07) is 0. The van der Waals surface area contributed by atoms with Gasteiger partial charge in [0.25, 0.3) is 0 Å². The third kappa shape index (κ3) is 1.71. The summed E-state index contributed by atoms with van der Waals surface area (Å²) in [7, 11) is 0. The number of hydrogen-bond acceptors (Lipinski definition) is 1. The van der Waals surface area contributed by atoms with Crippen molar-refractivity contribution in [2.75, 3.05) is 6.54 Å². The maximum atomic E-state index is 5.56. The Kier molecular flexibility index (Phi) is 2.53. The third-order valence-corrected chi connectivity index (χ3v) is 2.95. The topological polar surface area (TPSA) is 26.0 Å². The fourth-order valence-electron chi connectivity index (χ4n) is 1.70. The lowest BCUT2D eigenvalue weighted by Gasteiger charge is -1.97. The van der Waals surface area contributed by atoms with E-state index in [1.54, 1.807) is 0 Å². The Labute approximate surface area is 77.5 Å². The van der Waals surface area contributed by atoms with E-state index in [1.165, 1.54) is 0 Å². The highest BCUT2D eigenvalue weighted by atomic mass is 35.5. The lowest BCUT2D eigenvalue weighted by molar-refractivity contribution is 0.555. The average molecular weight is 194 g/mol. The number of nitrogens with two attached hydrogens (primary N) is 1. The summed E-state index contributed by atoms with van der Waals surface area (Å²) >= 11 is 11.1. The van der Waals surface area contributed by atoms with Crippen molar-refractivity contribution >= 4 is 23.2 Å². The minimum atomic E-state index is 0.295. The van der Waals surface area contributed by atoms with Crippen LogP contribution in [0.4, 0.5) is 0 Å². The standard InChI is InChI=1S/C8H13Cl2N/c1-8(2)5(3-7(9)10)6(8)4-11/h3,5-6H,4,11H2,1-2H3/t5-,6+/m1/s1. The second-order valence-electron chi connectivity index (χ2n) is 3.65. The number of rotatable bonds is 2. The van der Waals surface area contributed by atoms with E-state index in [0.29, 0.717) is 21.7 Å². The molecule has 0 radical (unpaired) electrons. The lowest BCUT2D eigenvalue weighted by Crippen LogP contribution is -2.05. The fraction of sp³-hybridized carbons (Fsp3) is 0.750. The van der Waals surface area contributed by atoms with E-state index in [4.69, 9.17) is 28.9 Å². The van der Waals surface area contributed by atoms with Gasteiger partial charge in [0.1, 0.15) is 4.49 Å². The molecule has 0 heterocycles. The van der Waals surface area contributed by atoms with Crippen LogP contribution in [0.15, 0.2) is 10.6 Å². The molecule has 11 heavy (non-hydrogen) atoms. The quantitative estimate of drug-likeness (QED) is 0.718. The van der Waals surface area contributed by atoms with Crippen molar-refractivity contribution < 1.29 is 0 Å². The highest BCUT2D eigenvalue weighted by molar-refractivity contribution is 6.55. The monoisotopic (exact) mass is 193 g/mol. The maximum Gasteiger partial charge on any atom is 0.103 e. The molecule has 1 fully saturated rings. The Balaban J connectivity index is 2.59. The Bertz CT molecular complexity index is 183. The highest BCUT2D eigenvalue weighted by Gasteiger charge is 2.55. The molecule has 64 valence electrons. The van der Waals surface area contributed by atoms with Crippen LogP contribution in [0.5, 0.6) is 0 Å². The predicted octanol–water partition coefficient (Wildman–Crippen LogP) is 2.54. The van der Waals surface area contributed by atoms with Crippen LogP contribution in [-0.4, -0.2) is 6.54 Å². The van der Waals surface area contributed by atoms with E-state index in [9.17, 15) is 0 Å². The van der Waals surface area contributed by atoms with Crippen molar-refractivity contribution in [3.63, 3.8) is 0 Å². The first kappa shape index (κ1) is 9.37. The minimum Gasteiger partial charge on any atom is -0.330 e. The van der Waals surface area contributed by atoms with Gasteiger partial charge < -0.3 is 5.73 Å². The molecule has 0 unspecified atom stereocenters. The van der Waals surface area contributed by atoms with E-state index in [-0.39, 0.29) is 0 Å². The second kappa shape index (κ2) is 2.96. The molecule has 2 atom stereocenters. The molecule has 1 nitrogen and oxygen atoms in total. The van der Waals surface area contributed by atoms with Gasteiger partial charge >= 0.3 is 0 Å². The second-order valence-corrected chi connectivity index (χ2v) is 4.65. The summed E-state index contributed by atoms with van der Waals surface area (Å²) in [6.07, 6.45) is 1.89. The summed E-state index contributed by atoms with van der Waals surface area (Å²) < 4.78 is 0.360. The van der Waals surface area contributed by atoms with Crippen LogP contribution in [0, 0.1) is 17.3 Å². The zero-order valence-corrected chi connectivity index (χ0v) is 8.28. The number of halogens is 2. The highest BCUT2D eigenvalue weighted by Crippen LogP contribution is 2.58. The van der Waals surface area contributed by atoms with Crippen LogP contribution in [0.25, 0.3) is 0 Å². The zero-order valence-electron chi connectivity index (χ0n) is 6.77. The van der Waals surface area contributed by atoms with Crippen molar-refractivity contribution in [3.05, 3.63) is 10.6 Å². The van der Waals surface area contributed by atoms with Crippen molar-refractivity contribution in [1.29, 1.82) is 0 Å². The van der Waals surface area contributed by atoms with Gasteiger partial charge in [-0.1, -0.05) is 43.1 Å². The van der Waals surface area contributed by atoms with E-state index in [0.717, 1.165) is 6.54 Å². The average Bonchev–Trinajstić information content (AvgIpc) is 2.33. The van der Waals surface area contributed by atoms with Crippen LogP contribution in [0.1, 0.15) is 13.8 Å². The largest absolute Gasteiger partial charge is 0.330 e. The Morgan fingerprint density at radius 3 is 2.36 bits per heavy atom. The van der Waals surface area contributed by atoms with Gasteiger partial charge in [-0.2, -0.15) is 0 Å². The molecule has 0 aliphatic heterocycles. The normalized spacial score (nSPS) is 33.2. The van der Waals surface area contributed by atoms with Crippen LogP contribution < -0.4 is 5.73 Å². The van der Waals surface area contributed by atoms with Gasteiger partial charge in [0, 0.05) is 0 Å².